The molecule has 0 radical (unpaired) electrons. The van der Waals surface area contributed by atoms with E-state index >= 15 is 0 Å². The maximum absolute atomic E-state index is 12.5. The highest BCUT2D eigenvalue weighted by molar-refractivity contribution is 6.30. The Balaban J connectivity index is 1.62. The molecule has 2 heterocycles. The second kappa shape index (κ2) is 8.64. The topological polar surface area (TPSA) is 91.4 Å². The summed E-state index contributed by atoms with van der Waals surface area (Å²) >= 11 is 5.79. The molecule has 0 atom stereocenters. The van der Waals surface area contributed by atoms with Crippen molar-refractivity contribution in [2.75, 3.05) is 23.7 Å². The SMILES string of the molecule is O=C(CCN1CCCC1=O)Nc1ccccc1C(=O)Nc1ccc(Cl)cn1. The Hall–Kier alpha value is -2.93. The molecule has 1 aliphatic heterocycles. The summed E-state index contributed by atoms with van der Waals surface area (Å²) in [5.74, 6) is -0.203. The van der Waals surface area contributed by atoms with Gasteiger partial charge in [-0.3, -0.25) is 14.4 Å². The van der Waals surface area contributed by atoms with Crippen LogP contribution < -0.4 is 10.6 Å². The summed E-state index contributed by atoms with van der Waals surface area (Å²) in [7, 11) is 0. The van der Waals surface area contributed by atoms with Crippen LogP contribution in [0.25, 0.3) is 0 Å². The first-order valence-corrected chi connectivity index (χ1v) is 9.00. The predicted octanol–water partition coefficient (Wildman–Crippen LogP) is 2.94. The van der Waals surface area contributed by atoms with Gasteiger partial charge in [-0.2, -0.15) is 0 Å². The molecule has 0 bridgehead atoms. The minimum Gasteiger partial charge on any atom is -0.342 e. The summed E-state index contributed by atoms with van der Waals surface area (Å²) in [6, 6.07) is 9.93. The number of nitrogens with one attached hydrogen (secondary N) is 2. The van der Waals surface area contributed by atoms with Crippen molar-refractivity contribution < 1.29 is 14.4 Å². The predicted molar refractivity (Wildman–Crippen MR) is 103 cm³/mol. The first-order valence-electron chi connectivity index (χ1n) is 8.62. The lowest BCUT2D eigenvalue weighted by molar-refractivity contribution is -0.128. The number of carbonyl (C=O) groups is 3. The second-order valence-corrected chi connectivity index (χ2v) is 6.58. The van der Waals surface area contributed by atoms with Gasteiger partial charge in [-0.15, -0.1) is 0 Å². The van der Waals surface area contributed by atoms with E-state index in [2.05, 4.69) is 15.6 Å². The van der Waals surface area contributed by atoms with E-state index in [0.717, 1.165) is 6.42 Å². The fraction of sp³-hybridized carbons (Fsp3) is 0.263. The number of amides is 3. The largest absolute Gasteiger partial charge is 0.342 e. The van der Waals surface area contributed by atoms with Crippen LogP contribution in [0.5, 0.6) is 0 Å². The Kier molecular flexibility index (Phi) is 6.03. The number of aromatic nitrogens is 1. The van der Waals surface area contributed by atoms with Gasteiger partial charge in [-0.1, -0.05) is 23.7 Å². The van der Waals surface area contributed by atoms with Crippen molar-refractivity contribution in [2.24, 2.45) is 0 Å². The van der Waals surface area contributed by atoms with E-state index < -0.39 is 5.91 Å². The second-order valence-electron chi connectivity index (χ2n) is 6.14. The molecule has 3 amide bonds. The van der Waals surface area contributed by atoms with E-state index in [1.165, 1.54) is 6.20 Å². The van der Waals surface area contributed by atoms with Crippen molar-refractivity contribution in [3.05, 3.63) is 53.2 Å². The molecule has 0 aliphatic carbocycles. The van der Waals surface area contributed by atoms with Gasteiger partial charge >= 0.3 is 0 Å². The van der Waals surface area contributed by atoms with Gasteiger partial charge in [0.25, 0.3) is 5.91 Å². The van der Waals surface area contributed by atoms with Gasteiger partial charge in [-0.25, -0.2) is 4.98 Å². The number of benzene rings is 1. The van der Waals surface area contributed by atoms with E-state index in [-0.39, 0.29) is 18.2 Å². The van der Waals surface area contributed by atoms with Crippen LogP contribution in [0.4, 0.5) is 11.5 Å². The minimum atomic E-state index is -0.393. The third-order valence-corrected chi connectivity index (χ3v) is 4.42. The molecule has 27 heavy (non-hydrogen) atoms. The number of likely N-dealkylation sites (tertiary alicyclic amines) is 1. The molecule has 2 N–H and O–H groups in total. The summed E-state index contributed by atoms with van der Waals surface area (Å²) in [5, 5.41) is 5.88. The van der Waals surface area contributed by atoms with E-state index in [1.807, 2.05) is 0 Å². The van der Waals surface area contributed by atoms with Gasteiger partial charge in [0.05, 0.1) is 16.3 Å². The van der Waals surface area contributed by atoms with Gasteiger partial charge in [0.1, 0.15) is 5.82 Å². The Morgan fingerprint density at radius 1 is 1.15 bits per heavy atom. The number of halogens is 1. The van der Waals surface area contributed by atoms with E-state index in [9.17, 15) is 14.4 Å². The van der Waals surface area contributed by atoms with Crippen LogP contribution in [-0.2, 0) is 9.59 Å². The number of carbonyl (C=O) groups excluding carboxylic acids is 3. The third kappa shape index (κ3) is 5.04. The number of hydrogen-bond acceptors (Lipinski definition) is 4. The van der Waals surface area contributed by atoms with Crippen LogP contribution in [-0.4, -0.2) is 40.7 Å². The highest BCUT2D eigenvalue weighted by Crippen LogP contribution is 2.18. The Labute approximate surface area is 161 Å². The lowest BCUT2D eigenvalue weighted by Gasteiger charge is -2.15. The average molecular weight is 387 g/mol. The number of nitrogens with zero attached hydrogens (tertiary/aromatic N) is 2. The zero-order chi connectivity index (χ0) is 19.2. The molecule has 3 rings (SSSR count). The number of rotatable bonds is 6. The number of anilines is 2. The van der Waals surface area contributed by atoms with Crippen molar-refractivity contribution in [2.45, 2.75) is 19.3 Å². The third-order valence-electron chi connectivity index (χ3n) is 4.19. The first-order chi connectivity index (χ1) is 13.0. The van der Waals surface area contributed by atoms with Crippen LogP contribution >= 0.6 is 11.6 Å². The molecular formula is C19H19ClN4O3. The lowest BCUT2D eigenvalue weighted by atomic mass is 10.1. The highest BCUT2D eigenvalue weighted by atomic mass is 35.5. The van der Waals surface area contributed by atoms with Crippen molar-refractivity contribution in [3.63, 3.8) is 0 Å². The fourth-order valence-electron chi connectivity index (χ4n) is 2.81. The van der Waals surface area contributed by atoms with Gasteiger partial charge < -0.3 is 15.5 Å². The number of para-hydroxylation sites is 1. The number of pyridine rings is 1. The molecule has 0 unspecified atom stereocenters. The zero-order valence-electron chi connectivity index (χ0n) is 14.6. The van der Waals surface area contributed by atoms with E-state index in [0.29, 0.717) is 41.6 Å². The van der Waals surface area contributed by atoms with Gasteiger partial charge in [0.15, 0.2) is 0 Å². The average Bonchev–Trinajstić information content (AvgIpc) is 3.07. The molecule has 0 spiro atoms. The van der Waals surface area contributed by atoms with E-state index in [4.69, 9.17) is 11.6 Å². The smallest absolute Gasteiger partial charge is 0.258 e. The Morgan fingerprint density at radius 3 is 2.67 bits per heavy atom. The molecule has 7 nitrogen and oxygen atoms in total. The van der Waals surface area contributed by atoms with Crippen molar-refractivity contribution in [3.8, 4) is 0 Å². The molecule has 0 saturated carbocycles. The molecular weight excluding hydrogens is 368 g/mol. The number of hydrogen-bond donors (Lipinski definition) is 2. The summed E-state index contributed by atoms with van der Waals surface area (Å²) in [5.41, 5.74) is 0.724. The molecule has 1 saturated heterocycles. The zero-order valence-corrected chi connectivity index (χ0v) is 15.3. The molecule has 1 aromatic heterocycles. The normalized spacial score (nSPS) is 13.5. The molecule has 8 heteroatoms. The monoisotopic (exact) mass is 386 g/mol. The Morgan fingerprint density at radius 2 is 1.96 bits per heavy atom. The summed E-state index contributed by atoms with van der Waals surface area (Å²) in [6.07, 6.45) is 3.00. The van der Waals surface area contributed by atoms with Crippen LogP contribution in [0.2, 0.25) is 5.02 Å². The Bertz CT molecular complexity index is 854. The van der Waals surface area contributed by atoms with Gasteiger partial charge in [-0.05, 0) is 30.7 Å². The van der Waals surface area contributed by atoms with Gasteiger partial charge in [0, 0.05) is 32.1 Å². The van der Waals surface area contributed by atoms with Crippen LogP contribution in [0.1, 0.15) is 29.6 Å². The molecule has 1 aromatic carbocycles. The molecule has 1 aliphatic rings. The molecule has 2 aromatic rings. The van der Waals surface area contributed by atoms with E-state index in [1.54, 1.807) is 41.3 Å². The van der Waals surface area contributed by atoms with Crippen LogP contribution in [0, 0.1) is 0 Å². The molecule has 1 fully saturated rings. The first kappa shape index (κ1) is 18.8. The van der Waals surface area contributed by atoms with Gasteiger partial charge in [0.2, 0.25) is 11.8 Å². The fourth-order valence-corrected chi connectivity index (χ4v) is 2.92. The maximum atomic E-state index is 12.5. The standard InChI is InChI=1S/C19H19ClN4O3/c20-13-7-8-16(21-12-13)23-19(27)14-4-1-2-5-15(14)22-17(25)9-11-24-10-3-6-18(24)26/h1-2,4-5,7-8,12H,3,6,9-11H2,(H,22,25)(H,21,23,27). The van der Waals surface area contributed by atoms with Crippen LogP contribution in [0.3, 0.4) is 0 Å². The quantitative estimate of drug-likeness (QED) is 0.798. The highest BCUT2D eigenvalue weighted by Gasteiger charge is 2.21. The maximum Gasteiger partial charge on any atom is 0.258 e. The summed E-state index contributed by atoms with van der Waals surface area (Å²) in [6.45, 7) is 1.08. The van der Waals surface area contributed by atoms with Crippen molar-refractivity contribution >= 4 is 40.8 Å². The lowest BCUT2D eigenvalue weighted by Crippen LogP contribution is -2.29. The summed E-state index contributed by atoms with van der Waals surface area (Å²) < 4.78 is 0. The summed E-state index contributed by atoms with van der Waals surface area (Å²) in [4.78, 5) is 42.1. The van der Waals surface area contributed by atoms with Crippen molar-refractivity contribution in [1.82, 2.24) is 9.88 Å². The minimum absolute atomic E-state index is 0.0815. The molecule has 140 valence electrons. The van der Waals surface area contributed by atoms with Crippen LogP contribution in [0.15, 0.2) is 42.6 Å². The van der Waals surface area contributed by atoms with Crippen molar-refractivity contribution in [1.29, 1.82) is 0 Å².